The Balaban J connectivity index is 2.46. The van der Waals surface area contributed by atoms with Crippen LogP contribution in [-0.4, -0.2) is 57.9 Å². The van der Waals surface area contributed by atoms with Crippen LogP contribution in [0.15, 0.2) is 28.1 Å². The van der Waals surface area contributed by atoms with E-state index in [1.165, 1.54) is 26.6 Å². The van der Waals surface area contributed by atoms with Crippen molar-refractivity contribution in [3.63, 3.8) is 0 Å². The second-order valence-electron chi connectivity index (χ2n) is 5.78. The van der Waals surface area contributed by atoms with Gasteiger partial charge in [-0.3, -0.25) is 4.99 Å². The minimum absolute atomic E-state index is 0.497. The zero-order valence-electron chi connectivity index (χ0n) is 15.8. The van der Waals surface area contributed by atoms with Gasteiger partial charge in [0.05, 0.1) is 6.26 Å². The molecule has 0 aliphatic heterocycles. The van der Waals surface area contributed by atoms with Crippen molar-refractivity contribution < 1.29 is 8.42 Å². The fourth-order valence-electron chi connectivity index (χ4n) is 2.42. The average molecular weight is 387 g/mol. The van der Waals surface area contributed by atoms with E-state index in [2.05, 4.69) is 47.0 Å². The Morgan fingerprint density at radius 2 is 2.04 bits per heavy atom. The molecule has 0 saturated carbocycles. The van der Waals surface area contributed by atoms with Crippen molar-refractivity contribution >= 4 is 27.7 Å². The molecule has 0 saturated heterocycles. The van der Waals surface area contributed by atoms with Gasteiger partial charge in [0, 0.05) is 38.1 Å². The van der Waals surface area contributed by atoms with Crippen molar-refractivity contribution in [2.45, 2.75) is 31.7 Å². The highest BCUT2D eigenvalue weighted by Gasteiger charge is 2.13. The van der Waals surface area contributed by atoms with E-state index in [-0.39, 0.29) is 0 Å². The molecule has 142 valence electrons. The van der Waals surface area contributed by atoms with Crippen LogP contribution in [0.1, 0.15) is 24.5 Å². The molecule has 0 aromatic heterocycles. The molecule has 0 spiro atoms. The Kier molecular flexibility index (Phi) is 9.31. The van der Waals surface area contributed by atoms with E-state index in [0.29, 0.717) is 26.2 Å². The van der Waals surface area contributed by atoms with Crippen LogP contribution < -0.4 is 10.6 Å². The normalized spacial score (nSPS) is 12.5. The summed E-state index contributed by atoms with van der Waals surface area (Å²) in [7, 11) is -1.39. The number of hydrogen-bond acceptors (Lipinski definition) is 4. The van der Waals surface area contributed by atoms with Gasteiger partial charge in [0.1, 0.15) is 0 Å². The van der Waals surface area contributed by atoms with E-state index in [4.69, 9.17) is 0 Å². The summed E-state index contributed by atoms with van der Waals surface area (Å²) in [6.45, 7) is 6.30. The lowest BCUT2D eigenvalue weighted by molar-refractivity contribution is 0.424. The Morgan fingerprint density at radius 1 is 1.32 bits per heavy atom. The molecule has 1 aromatic carbocycles. The topological polar surface area (TPSA) is 73.8 Å². The van der Waals surface area contributed by atoms with Crippen LogP contribution in [0, 0.1) is 6.92 Å². The lowest BCUT2D eigenvalue weighted by Gasteiger charge is -2.18. The molecular formula is C17H30N4O2S2. The predicted octanol–water partition coefficient (Wildman–Crippen LogP) is 2.05. The second-order valence-corrected chi connectivity index (χ2v) is 8.61. The molecule has 0 unspecified atom stereocenters. The van der Waals surface area contributed by atoms with Crippen LogP contribution in [-0.2, 0) is 16.6 Å². The lowest BCUT2D eigenvalue weighted by Crippen LogP contribution is -2.39. The summed E-state index contributed by atoms with van der Waals surface area (Å²) in [5, 5.41) is 6.54. The molecule has 1 aromatic rings. The van der Waals surface area contributed by atoms with E-state index in [9.17, 15) is 8.42 Å². The average Bonchev–Trinajstić information content (AvgIpc) is 2.57. The third-order valence-electron chi connectivity index (χ3n) is 3.81. The number of sulfonamides is 1. The maximum Gasteiger partial charge on any atom is 0.211 e. The fraction of sp³-hybridized carbons (Fsp3) is 0.588. The highest BCUT2D eigenvalue weighted by atomic mass is 32.2. The van der Waals surface area contributed by atoms with Crippen molar-refractivity contribution in [1.82, 2.24) is 14.9 Å². The van der Waals surface area contributed by atoms with Gasteiger partial charge in [0.15, 0.2) is 5.96 Å². The molecule has 1 rings (SSSR count). The van der Waals surface area contributed by atoms with E-state index >= 15 is 0 Å². The fourth-order valence-corrected chi connectivity index (χ4v) is 4.05. The molecule has 0 bridgehead atoms. The highest BCUT2D eigenvalue weighted by molar-refractivity contribution is 7.98. The van der Waals surface area contributed by atoms with Gasteiger partial charge < -0.3 is 10.6 Å². The molecule has 0 aliphatic rings. The number of benzene rings is 1. The first-order chi connectivity index (χ1) is 11.8. The Bertz CT molecular complexity index is 675. The maximum atomic E-state index is 11.6. The number of nitrogens with one attached hydrogen (secondary N) is 2. The number of aliphatic imine (C=N–C) groups is 1. The van der Waals surface area contributed by atoms with Crippen LogP contribution in [0.3, 0.4) is 0 Å². The summed E-state index contributed by atoms with van der Waals surface area (Å²) in [5.41, 5.74) is 2.48. The van der Waals surface area contributed by atoms with Gasteiger partial charge in [0.2, 0.25) is 10.0 Å². The molecule has 25 heavy (non-hydrogen) atoms. The first kappa shape index (κ1) is 21.8. The van der Waals surface area contributed by atoms with Crippen molar-refractivity contribution in [3.8, 4) is 0 Å². The minimum atomic E-state index is -3.12. The van der Waals surface area contributed by atoms with Gasteiger partial charge in [-0.2, -0.15) is 0 Å². The van der Waals surface area contributed by atoms with E-state index in [0.717, 1.165) is 12.4 Å². The number of hydrogen-bond donors (Lipinski definition) is 2. The molecule has 0 atom stereocenters. The maximum absolute atomic E-state index is 11.6. The quantitative estimate of drug-likeness (QED) is 0.294. The van der Waals surface area contributed by atoms with Gasteiger partial charge in [-0.15, -0.1) is 11.8 Å². The minimum Gasteiger partial charge on any atom is -0.356 e. The summed E-state index contributed by atoms with van der Waals surface area (Å²) >= 11 is 1.74. The predicted molar refractivity (Wildman–Crippen MR) is 108 cm³/mol. The molecule has 0 fully saturated rings. The number of nitrogens with zero attached hydrogens (tertiary/aromatic N) is 2. The number of thioether (sulfide) groups is 1. The highest BCUT2D eigenvalue weighted by Crippen LogP contribution is 2.21. The first-order valence-corrected chi connectivity index (χ1v) is 11.4. The molecule has 0 heterocycles. The summed E-state index contributed by atoms with van der Waals surface area (Å²) < 4.78 is 24.6. The summed E-state index contributed by atoms with van der Waals surface area (Å²) in [6, 6.07) is 6.42. The number of aryl methyl sites for hydroxylation is 1. The molecule has 6 nitrogen and oxygen atoms in total. The number of guanidine groups is 1. The van der Waals surface area contributed by atoms with Gasteiger partial charge >= 0.3 is 0 Å². The molecule has 2 N–H and O–H groups in total. The van der Waals surface area contributed by atoms with Crippen molar-refractivity contribution in [2.24, 2.45) is 4.99 Å². The summed E-state index contributed by atoms with van der Waals surface area (Å²) in [6.07, 6.45) is 4.05. The van der Waals surface area contributed by atoms with Crippen molar-refractivity contribution in [1.29, 1.82) is 0 Å². The van der Waals surface area contributed by atoms with Gasteiger partial charge in [-0.25, -0.2) is 12.7 Å². The monoisotopic (exact) mass is 386 g/mol. The molecule has 0 amide bonds. The van der Waals surface area contributed by atoms with E-state index in [1.54, 1.807) is 18.8 Å². The van der Waals surface area contributed by atoms with Gasteiger partial charge in [0.25, 0.3) is 0 Å². The van der Waals surface area contributed by atoms with Crippen LogP contribution >= 0.6 is 11.8 Å². The molecular weight excluding hydrogens is 356 g/mol. The van der Waals surface area contributed by atoms with Crippen LogP contribution in [0.2, 0.25) is 0 Å². The Morgan fingerprint density at radius 3 is 2.60 bits per heavy atom. The van der Waals surface area contributed by atoms with E-state index in [1.807, 2.05) is 6.92 Å². The third-order valence-corrected chi connectivity index (χ3v) is 6.01. The van der Waals surface area contributed by atoms with E-state index < -0.39 is 10.0 Å². The molecule has 8 heteroatoms. The van der Waals surface area contributed by atoms with Crippen LogP contribution in [0.25, 0.3) is 0 Å². The van der Waals surface area contributed by atoms with Crippen LogP contribution in [0.4, 0.5) is 0 Å². The van der Waals surface area contributed by atoms with Crippen molar-refractivity contribution in [3.05, 3.63) is 29.3 Å². The van der Waals surface area contributed by atoms with Gasteiger partial charge in [-0.05, 0) is 36.8 Å². The largest absolute Gasteiger partial charge is 0.356 e. The lowest BCUT2D eigenvalue weighted by atomic mass is 10.1. The van der Waals surface area contributed by atoms with Crippen LogP contribution in [0.5, 0.6) is 0 Å². The van der Waals surface area contributed by atoms with Crippen molar-refractivity contribution in [2.75, 3.05) is 39.2 Å². The Labute approximate surface area is 156 Å². The first-order valence-electron chi connectivity index (χ1n) is 8.35. The Hall–Kier alpha value is -1.25. The standard InChI is InChI=1S/C17H30N4O2S2/c1-6-21(25(5,22)23)11-7-10-19-17(18-3)20-13-15-9-8-14(2)12-16(15)24-4/h8-9,12H,6-7,10-11,13H2,1-5H3,(H2,18,19,20). The zero-order valence-corrected chi connectivity index (χ0v) is 17.4. The SMILES string of the molecule is CCN(CCCNC(=NC)NCc1ccc(C)cc1SC)S(C)(=O)=O. The second kappa shape index (κ2) is 10.7. The smallest absolute Gasteiger partial charge is 0.211 e. The molecule has 0 radical (unpaired) electrons. The molecule has 0 aliphatic carbocycles. The third kappa shape index (κ3) is 7.66. The van der Waals surface area contributed by atoms with Gasteiger partial charge in [-0.1, -0.05) is 19.1 Å². The summed E-state index contributed by atoms with van der Waals surface area (Å²) in [4.78, 5) is 5.48. The summed E-state index contributed by atoms with van der Waals surface area (Å²) in [5.74, 6) is 0.718. The number of rotatable bonds is 9. The zero-order chi connectivity index (χ0) is 18.9.